The van der Waals surface area contributed by atoms with Gasteiger partial charge in [-0.2, -0.15) is 0 Å². The Bertz CT molecular complexity index is 583. The third-order valence-electron chi connectivity index (χ3n) is 2.56. The van der Waals surface area contributed by atoms with Crippen LogP contribution in [-0.2, 0) is 14.3 Å². The number of hydrogen-bond acceptors (Lipinski definition) is 5. The van der Waals surface area contributed by atoms with Crippen LogP contribution < -0.4 is 16.0 Å². The molecule has 0 bridgehead atoms. The summed E-state index contributed by atoms with van der Waals surface area (Å²) in [7, 11) is 1.36. The summed E-state index contributed by atoms with van der Waals surface area (Å²) in [6.07, 6.45) is -1.13. The van der Waals surface area contributed by atoms with E-state index in [1.165, 1.54) is 45.2 Å². The summed E-state index contributed by atoms with van der Waals surface area (Å²) >= 11 is 0. The predicted molar refractivity (Wildman–Crippen MR) is 78.2 cm³/mol. The molecule has 118 valence electrons. The normalized spacial score (nSPS) is 11.0. The van der Waals surface area contributed by atoms with Crippen LogP contribution in [0.15, 0.2) is 24.3 Å². The van der Waals surface area contributed by atoms with E-state index >= 15 is 0 Å². The van der Waals surface area contributed by atoms with Gasteiger partial charge in [0.05, 0.1) is 5.56 Å². The van der Waals surface area contributed by atoms with Crippen molar-refractivity contribution in [2.24, 2.45) is 0 Å². The molecule has 0 aliphatic carbocycles. The molecule has 0 aliphatic heterocycles. The van der Waals surface area contributed by atoms with Crippen LogP contribution in [0.3, 0.4) is 0 Å². The topological polar surface area (TPSA) is 114 Å². The fourth-order valence-electron chi connectivity index (χ4n) is 1.45. The van der Waals surface area contributed by atoms with Gasteiger partial charge in [0, 0.05) is 19.7 Å². The van der Waals surface area contributed by atoms with Crippen LogP contribution in [0.4, 0.5) is 10.5 Å². The standard InChI is InChI=1S/C14H17N3O5/c1-8(12(19)17-14(21)15-3)22-13(20)10-4-6-11(7-5-10)16-9(2)18/h4-8H,1-3H3,(H,16,18)(H2,15,17,19,21)/t8-/m0/s1. The molecule has 0 aliphatic rings. The molecule has 3 N–H and O–H groups in total. The predicted octanol–water partition coefficient (Wildman–Crippen LogP) is 0.646. The smallest absolute Gasteiger partial charge is 0.338 e. The molecule has 8 nitrogen and oxygen atoms in total. The number of carbonyl (C=O) groups excluding carboxylic acids is 4. The molecule has 1 aromatic rings. The second-order valence-electron chi connectivity index (χ2n) is 4.37. The van der Waals surface area contributed by atoms with Gasteiger partial charge in [0.25, 0.3) is 5.91 Å². The number of esters is 1. The molecule has 0 saturated carbocycles. The highest BCUT2D eigenvalue weighted by molar-refractivity contribution is 5.98. The van der Waals surface area contributed by atoms with Gasteiger partial charge >= 0.3 is 12.0 Å². The van der Waals surface area contributed by atoms with Crippen molar-refractivity contribution >= 4 is 29.5 Å². The first-order chi connectivity index (χ1) is 10.3. The van der Waals surface area contributed by atoms with Gasteiger partial charge in [-0.3, -0.25) is 14.9 Å². The molecule has 1 aromatic carbocycles. The number of rotatable bonds is 4. The van der Waals surface area contributed by atoms with Gasteiger partial charge in [-0.1, -0.05) is 0 Å². The van der Waals surface area contributed by atoms with Gasteiger partial charge < -0.3 is 15.4 Å². The lowest BCUT2D eigenvalue weighted by atomic mass is 10.2. The van der Waals surface area contributed by atoms with Gasteiger partial charge in [0.2, 0.25) is 5.91 Å². The molecule has 0 radical (unpaired) electrons. The fraction of sp³-hybridized carbons (Fsp3) is 0.286. The number of ether oxygens (including phenoxy) is 1. The number of nitrogens with one attached hydrogen (secondary N) is 3. The molecule has 1 atom stereocenters. The molecule has 0 saturated heterocycles. The number of hydrogen-bond donors (Lipinski definition) is 3. The number of amides is 4. The molecule has 0 aromatic heterocycles. The van der Waals surface area contributed by atoms with E-state index in [0.29, 0.717) is 5.69 Å². The van der Waals surface area contributed by atoms with Crippen molar-refractivity contribution in [1.29, 1.82) is 0 Å². The van der Waals surface area contributed by atoms with E-state index in [1.807, 2.05) is 5.32 Å². The van der Waals surface area contributed by atoms with Crippen LogP contribution >= 0.6 is 0 Å². The highest BCUT2D eigenvalue weighted by Gasteiger charge is 2.20. The SMILES string of the molecule is CNC(=O)NC(=O)[C@H](C)OC(=O)c1ccc(NC(C)=O)cc1. The molecular weight excluding hydrogens is 290 g/mol. The second kappa shape index (κ2) is 7.77. The number of benzene rings is 1. The van der Waals surface area contributed by atoms with Gasteiger partial charge in [-0.05, 0) is 31.2 Å². The summed E-state index contributed by atoms with van der Waals surface area (Å²) in [6.45, 7) is 2.72. The van der Waals surface area contributed by atoms with Crippen LogP contribution in [0.1, 0.15) is 24.2 Å². The third-order valence-corrected chi connectivity index (χ3v) is 2.56. The zero-order valence-electron chi connectivity index (χ0n) is 12.4. The molecule has 0 spiro atoms. The Labute approximate surface area is 127 Å². The Kier molecular flexibility index (Phi) is 6.06. The zero-order chi connectivity index (χ0) is 16.7. The maximum absolute atomic E-state index is 11.9. The summed E-state index contributed by atoms with van der Waals surface area (Å²) < 4.78 is 4.95. The summed E-state index contributed by atoms with van der Waals surface area (Å²) in [5.74, 6) is -1.67. The van der Waals surface area contributed by atoms with Crippen LogP contribution in [-0.4, -0.2) is 37.0 Å². The molecule has 0 heterocycles. The minimum absolute atomic E-state index is 0.216. The molecule has 4 amide bonds. The van der Waals surface area contributed by atoms with Crippen molar-refractivity contribution in [1.82, 2.24) is 10.6 Å². The summed E-state index contributed by atoms with van der Waals surface area (Å²) in [5.41, 5.74) is 0.753. The van der Waals surface area contributed by atoms with Crippen LogP contribution in [0.25, 0.3) is 0 Å². The van der Waals surface area contributed by atoms with Crippen molar-refractivity contribution in [3.8, 4) is 0 Å². The second-order valence-corrected chi connectivity index (χ2v) is 4.37. The van der Waals surface area contributed by atoms with Crippen molar-refractivity contribution in [3.63, 3.8) is 0 Å². The molecule has 0 unspecified atom stereocenters. The van der Waals surface area contributed by atoms with E-state index in [9.17, 15) is 19.2 Å². The fourth-order valence-corrected chi connectivity index (χ4v) is 1.45. The number of imide groups is 1. The summed E-state index contributed by atoms with van der Waals surface area (Å²) in [6, 6.07) is 5.29. The summed E-state index contributed by atoms with van der Waals surface area (Å²) in [5, 5.41) is 6.77. The Hall–Kier alpha value is -2.90. The average molecular weight is 307 g/mol. The number of urea groups is 1. The van der Waals surface area contributed by atoms with E-state index in [4.69, 9.17) is 4.74 Å². The Morgan fingerprint density at radius 2 is 1.68 bits per heavy atom. The van der Waals surface area contributed by atoms with Crippen molar-refractivity contribution in [3.05, 3.63) is 29.8 Å². The van der Waals surface area contributed by atoms with Crippen molar-refractivity contribution in [2.45, 2.75) is 20.0 Å². The first kappa shape index (κ1) is 17.2. The highest BCUT2D eigenvalue weighted by Crippen LogP contribution is 2.11. The Morgan fingerprint density at radius 3 is 2.18 bits per heavy atom. The Balaban J connectivity index is 2.62. The number of anilines is 1. The van der Waals surface area contributed by atoms with Crippen LogP contribution in [0, 0.1) is 0 Å². The van der Waals surface area contributed by atoms with Crippen molar-refractivity contribution in [2.75, 3.05) is 12.4 Å². The molecule has 22 heavy (non-hydrogen) atoms. The van der Waals surface area contributed by atoms with E-state index < -0.39 is 24.0 Å². The highest BCUT2D eigenvalue weighted by atomic mass is 16.5. The first-order valence-corrected chi connectivity index (χ1v) is 6.44. The van der Waals surface area contributed by atoms with E-state index in [0.717, 1.165) is 0 Å². The van der Waals surface area contributed by atoms with Crippen LogP contribution in [0.2, 0.25) is 0 Å². The van der Waals surface area contributed by atoms with E-state index in [1.54, 1.807) is 0 Å². The zero-order valence-corrected chi connectivity index (χ0v) is 12.4. The average Bonchev–Trinajstić information content (AvgIpc) is 2.46. The molecule has 0 fully saturated rings. The van der Waals surface area contributed by atoms with E-state index in [-0.39, 0.29) is 11.5 Å². The Morgan fingerprint density at radius 1 is 1.09 bits per heavy atom. The lowest BCUT2D eigenvalue weighted by Gasteiger charge is -2.12. The summed E-state index contributed by atoms with van der Waals surface area (Å²) in [4.78, 5) is 45.3. The maximum atomic E-state index is 11.9. The number of carbonyl (C=O) groups is 4. The van der Waals surface area contributed by atoms with Gasteiger partial charge in [0.1, 0.15) is 0 Å². The van der Waals surface area contributed by atoms with Crippen molar-refractivity contribution < 1.29 is 23.9 Å². The van der Waals surface area contributed by atoms with Gasteiger partial charge in [-0.15, -0.1) is 0 Å². The maximum Gasteiger partial charge on any atom is 0.338 e. The van der Waals surface area contributed by atoms with Gasteiger partial charge in [0.15, 0.2) is 6.10 Å². The quantitative estimate of drug-likeness (QED) is 0.707. The monoisotopic (exact) mass is 307 g/mol. The molecule has 1 rings (SSSR count). The van der Waals surface area contributed by atoms with Crippen LogP contribution in [0.5, 0.6) is 0 Å². The third kappa shape index (κ3) is 5.23. The minimum atomic E-state index is -1.13. The molecular formula is C14H17N3O5. The first-order valence-electron chi connectivity index (χ1n) is 6.44. The lowest BCUT2D eigenvalue weighted by molar-refractivity contribution is -0.127. The lowest BCUT2D eigenvalue weighted by Crippen LogP contribution is -2.43. The largest absolute Gasteiger partial charge is 0.449 e. The van der Waals surface area contributed by atoms with E-state index in [2.05, 4.69) is 10.6 Å². The minimum Gasteiger partial charge on any atom is -0.449 e. The molecule has 8 heteroatoms. The van der Waals surface area contributed by atoms with Gasteiger partial charge in [-0.25, -0.2) is 9.59 Å².